The first kappa shape index (κ1) is 14.8. The van der Waals surface area contributed by atoms with Crippen molar-refractivity contribution >= 4 is 23.4 Å². The summed E-state index contributed by atoms with van der Waals surface area (Å²) in [5.41, 5.74) is 0.840. The second-order valence-electron chi connectivity index (χ2n) is 5.27. The molecule has 0 aromatic carbocycles. The quantitative estimate of drug-likeness (QED) is 0.921. The minimum absolute atomic E-state index is 0.0555. The van der Waals surface area contributed by atoms with Gasteiger partial charge in [0.2, 0.25) is 11.8 Å². The molecule has 0 aliphatic carbocycles. The van der Waals surface area contributed by atoms with Gasteiger partial charge in [0.1, 0.15) is 6.04 Å². The van der Waals surface area contributed by atoms with Crippen molar-refractivity contribution < 1.29 is 9.59 Å². The van der Waals surface area contributed by atoms with Crippen LogP contribution in [0.5, 0.6) is 0 Å². The Morgan fingerprint density at radius 2 is 2.25 bits per heavy atom. The second kappa shape index (κ2) is 6.22. The molecular weight excluding hydrogens is 278 g/mol. The topological polar surface area (TPSA) is 62.3 Å². The number of carbonyl (C=O) groups is 2. The Balaban J connectivity index is 2.19. The molecule has 5 nitrogen and oxygen atoms in total. The van der Waals surface area contributed by atoms with Crippen LogP contribution in [-0.4, -0.2) is 34.3 Å². The maximum absolute atomic E-state index is 12.5. The molecule has 2 amide bonds. The maximum atomic E-state index is 12.5. The molecule has 0 saturated carbocycles. The van der Waals surface area contributed by atoms with Crippen molar-refractivity contribution in [1.29, 1.82) is 0 Å². The second-order valence-corrected chi connectivity index (χ2v) is 5.67. The van der Waals surface area contributed by atoms with Gasteiger partial charge in [-0.3, -0.25) is 14.6 Å². The van der Waals surface area contributed by atoms with E-state index in [0.29, 0.717) is 24.5 Å². The van der Waals surface area contributed by atoms with Crippen molar-refractivity contribution in [3.05, 3.63) is 29.0 Å². The van der Waals surface area contributed by atoms with Gasteiger partial charge < -0.3 is 10.2 Å². The van der Waals surface area contributed by atoms with E-state index in [2.05, 4.69) is 10.3 Å². The lowest BCUT2D eigenvalue weighted by Crippen LogP contribution is -2.47. The number of carbonyl (C=O) groups excluding carboxylic acids is 2. The number of halogens is 1. The van der Waals surface area contributed by atoms with Crippen molar-refractivity contribution in [2.24, 2.45) is 5.92 Å². The Morgan fingerprint density at radius 1 is 1.50 bits per heavy atom. The molecule has 6 heteroatoms. The lowest BCUT2D eigenvalue weighted by Gasteiger charge is -2.26. The molecule has 1 aromatic rings. The summed E-state index contributed by atoms with van der Waals surface area (Å²) in [7, 11) is 0. The van der Waals surface area contributed by atoms with Gasteiger partial charge in [0.25, 0.3) is 0 Å². The molecule has 1 aromatic heterocycles. The molecule has 20 heavy (non-hydrogen) atoms. The highest BCUT2D eigenvalue weighted by molar-refractivity contribution is 6.31. The summed E-state index contributed by atoms with van der Waals surface area (Å²) in [6.45, 7) is 4.66. The molecule has 1 atom stereocenters. The van der Waals surface area contributed by atoms with Gasteiger partial charge in [-0.25, -0.2) is 0 Å². The molecule has 2 rings (SSSR count). The van der Waals surface area contributed by atoms with Crippen molar-refractivity contribution in [3.63, 3.8) is 0 Å². The Kier molecular flexibility index (Phi) is 4.60. The molecule has 0 bridgehead atoms. The largest absolute Gasteiger partial charge is 0.344 e. The fourth-order valence-electron chi connectivity index (χ4n) is 2.20. The number of nitrogens with one attached hydrogen (secondary N) is 1. The van der Waals surface area contributed by atoms with E-state index in [4.69, 9.17) is 11.6 Å². The van der Waals surface area contributed by atoms with Gasteiger partial charge in [0, 0.05) is 31.9 Å². The summed E-state index contributed by atoms with van der Waals surface area (Å²) >= 11 is 6.08. The third-order valence-electron chi connectivity index (χ3n) is 3.39. The molecule has 1 N–H and O–H groups in total. The average Bonchev–Trinajstić information content (AvgIpc) is 2.54. The smallest absolute Gasteiger partial charge is 0.245 e. The number of hydrogen-bond donors (Lipinski definition) is 1. The summed E-state index contributed by atoms with van der Waals surface area (Å²) in [4.78, 5) is 29.8. The molecule has 1 aliphatic rings. The zero-order chi connectivity index (χ0) is 14.7. The Bertz CT molecular complexity index is 519. The number of rotatable bonds is 3. The Hall–Kier alpha value is -1.62. The molecule has 1 unspecified atom stereocenters. The predicted molar refractivity (Wildman–Crippen MR) is 76.0 cm³/mol. The zero-order valence-corrected chi connectivity index (χ0v) is 12.4. The monoisotopic (exact) mass is 295 g/mol. The van der Waals surface area contributed by atoms with Crippen LogP contribution in [0.25, 0.3) is 0 Å². The number of pyridine rings is 1. The van der Waals surface area contributed by atoms with Crippen LogP contribution in [0.15, 0.2) is 18.5 Å². The number of nitrogens with zero attached hydrogens (tertiary/aromatic N) is 2. The van der Waals surface area contributed by atoms with Gasteiger partial charge in [-0.15, -0.1) is 0 Å². The summed E-state index contributed by atoms with van der Waals surface area (Å²) in [6.07, 6.45) is 3.52. The molecule has 0 radical (unpaired) electrons. The van der Waals surface area contributed by atoms with Crippen LogP contribution in [0.1, 0.15) is 25.8 Å². The van der Waals surface area contributed by atoms with Gasteiger partial charge in [-0.05, 0) is 17.5 Å². The first-order chi connectivity index (χ1) is 9.49. The third kappa shape index (κ3) is 3.28. The first-order valence-electron chi connectivity index (χ1n) is 6.65. The van der Waals surface area contributed by atoms with Gasteiger partial charge in [0.05, 0.1) is 5.02 Å². The molecule has 2 heterocycles. The highest BCUT2D eigenvalue weighted by Crippen LogP contribution is 2.19. The summed E-state index contributed by atoms with van der Waals surface area (Å²) in [5.74, 6) is -0.0842. The van der Waals surface area contributed by atoms with E-state index in [1.807, 2.05) is 13.8 Å². The maximum Gasteiger partial charge on any atom is 0.245 e. The van der Waals surface area contributed by atoms with Gasteiger partial charge >= 0.3 is 0 Å². The molecule has 0 spiro atoms. The van der Waals surface area contributed by atoms with Gasteiger partial charge in [-0.2, -0.15) is 0 Å². The van der Waals surface area contributed by atoms with E-state index in [9.17, 15) is 9.59 Å². The van der Waals surface area contributed by atoms with Gasteiger partial charge in [0.15, 0.2) is 0 Å². The van der Waals surface area contributed by atoms with E-state index < -0.39 is 6.04 Å². The predicted octanol–water partition coefficient (Wildman–Crippen LogP) is 1.61. The van der Waals surface area contributed by atoms with E-state index >= 15 is 0 Å². The van der Waals surface area contributed by atoms with Crippen molar-refractivity contribution in [2.45, 2.75) is 32.9 Å². The molecule has 1 saturated heterocycles. The first-order valence-corrected chi connectivity index (χ1v) is 7.03. The van der Waals surface area contributed by atoms with Gasteiger partial charge in [-0.1, -0.05) is 25.4 Å². The summed E-state index contributed by atoms with van der Waals surface area (Å²) in [5, 5.41) is 3.32. The fraction of sp³-hybridized carbons (Fsp3) is 0.500. The van der Waals surface area contributed by atoms with E-state index in [0.717, 1.165) is 5.56 Å². The zero-order valence-electron chi connectivity index (χ0n) is 11.6. The van der Waals surface area contributed by atoms with E-state index in [-0.39, 0.29) is 17.7 Å². The van der Waals surface area contributed by atoms with Crippen LogP contribution in [-0.2, 0) is 16.1 Å². The lowest BCUT2D eigenvalue weighted by atomic mass is 10.0. The van der Waals surface area contributed by atoms with Crippen molar-refractivity contribution in [3.8, 4) is 0 Å². The van der Waals surface area contributed by atoms with Crippen LogP contribution < -0.4 is 5.32 Å². The highest BCUT2D eigenvalue weighted by atomic mass is 35.5. The van der Waals surface area contributed by atoms with Crippen LogP contribution in [0.3, 0.4) is 0 Å². The lowest BCUT2D eigenvalue weighted by molar-refractivity contribution is -0.135. The number of amides is 2. The minimum Gasteiger partial charge on any atom is -0.344 e. The average molecular weight is 296 g/mol. The standard InChI is InChI=1S/C14H18ClN3O2/c1-9(2)13-14(20)18(6-4-12(19)17-13)8-10-3-5-16-7-11(10)15/h3,5,7,9,13H,4,6,8H2,1-2H3,(H,17,19). The van der Waals surface area contributed by atoms with Crippen LogP contribution in [0.4, 0.5) is 0 Å². The fourth-order valence-corrected chi connectivity index (χ4v) is 2.38. The SMILES string of the molecule is CC(C)C1NC(=O)CCN(Cc2ccncc2Cl)C1=O. The van der Waals surface area contributed by atoms with Crippen molar-refractivity contribution in [2.75, 3.05) is 6.54 Å². The van der Waals surface area contributed by atoms with Crippen molar-refractivity contribution in [1.82, 2.24) is 15.2 Å². The summed E-state index contributed by atoms with van der Waals surface area (Å²) in [6, 6.07) is 1.32. The van der Waals surface area contributed by atoms with Crippen LogP contribution in [0, 0.1) is 5.92 Å². The molecule has 108 valence electrons. The van der Waals surface area contributed by atoms with E-state index in [1.165, 1.54) is 0 Å². The molecule has 1 aliphatic heterocycles. The number of hydrogen-bond acceptors (Lipinski definition) is 3. The van der Waals surface area contributed by atoms with E-state index in [1.54, 1.807) is 23.4 Å². The van der Waals surface area contributed by atoms with Crippen LogP contribution in [0.2, 0.25) is 5.02 Å². The summed E-state index contributed by atoms with van der Waals surface area (Å²) < 4.78 is 0. The number of aromatic nitrogens is 1. The normalized spacial score (nSPS) is 20.0. The Morgan fingerprint density at radius 3 is 2.90 bits per heavy atom. The highest BCUT2D eigenvalue weighted by Gasteiger charge is 2.31. The third-order valence-corrected chi connectivity index (χ3v) is 3.73. The molecular formula is C14H18ClN3O2. The molecule has 1 fully saturated rings. The van der Waals surface area contributed by atoms with Crippen LogP contribution >= 0.6 is 11.6 Å². The minimum atomic E-state index is -0.467. The Labute approximate surface area is 123 Å².